The molecule has 1 spiro atoms. The van der Waals surface area contributed by atoms with E-state index in [0.29, 0.717) is 36.9 Å². The van der Waals surface area contributed by atoms with E-state index in [1.54, 1.807) is 40.7 Å². The highest BCUT2D eigenvalue weighted by molar-refractivity contribution is 5.93. The second-order valence-electron chi connectivity index (χ2n) is 7.84. The zero-order valence-corrected chi connectivity index (χ0v) is 16.2. The maximum absolute atomic E-state index is 13.3. The van der Waals surface area contributed by atoms with Crippen molar-refractivity contribution in [2.24, 2.45) is 5.41 Å². The number of nitrogens with zero attached hydrogens (tertiary/aromatic N) is 1. The standard InChI is InChI=1S/C22H22F2N2O4/c23-21(24)30-18-4-2-1-3-16(18)13-26-10-9-22(20(26)28)8-7-14-5-6-15(19(27)25-29)11-17(14)12-22/h1-6,11,21,29H,7-10,12-13H2,(H,25,27)/t22-/m0/s1. The molecule has 4 rings (SSSR count). The molecule has 2 N–H and O–H groups in total. The summed E-state index contributed by atoms with van der Waals surface area (Å²) in [5, 5.41) is 8.87. The molecule has 2 aromatic carbocycles. The van der Waals surface area contributed by atoms with Gasteiger partial charge in [0.1, 0.15) is 5.75 Å². The van der Waals surface area contributed by atoms with Gasteiger partial charge in [-0.3, -0.25) is 14.8 Å². The summed E-state index contributed by atoms with van der Waals surface area (Å²) in [7, 11) is 0. The second kappa shape index (κ2) is 8.02. The van der Waals surface area contributed by atoms with Gasteiger partial charge in [0.15, 0.2) is 0 Å². The maximum Gasteiger partial charge on any atom is 0.387 e. The van der Waals surface area contributed by atoms with Gasteiger partial charge in [-0.1, -0.05) is 24.3 Å². The highest BCUT2D eigenvalue weighted by Gasteiger charge is 2.48. The third kappa shape index (κ3) is 3.75. The first-order chi connectivity index (χ1) is 14.4. The van der Waals surface area contributed by atoms with Gasteiger partial charge in [0.2, 0.25) is 5.91 Å². The summed E-state index contributed by atoms with van der Waals surface area (Å²) in [6.45, 7) is -2.18. The van der Waals surface area contributed by atoms with E-state index in [9.17, 15) is 18.4 Å². The average molecular weight is 416 g/mol. The van der Waals surface area contributed by atoms with Crippen molar-refractivity contribution < 1.29 is 28.3 Å². The molecule has 1 aliphatic carbocycles. The van der Waals surface area contributed by atoms with Crippen LogP contribution in [0.2, 0.25) is 0 Å². The molecular weight excluding hydrogens is 394 g/mol. The van der Waals surface area contributed by atoms with Crippen LogP contribution in [0.15, 0.2) is 42.5 Å². The van der Waals surface area contributed by atoms with Gasteiger partial charge in [-0.2, -0.15) is 8.78 Å². The van der Waals surface area contributed by atoms with Crippen LogP contribution >= 0.6 is 0 Å². The molecule has 0 aromatic heterocycles. The summed E-state index contributed by atoms with van der Waals surface area (Å²) in [5.74, 6) is -0.514. The van der Waals surface area contributed by atoms with Crippen LogP contribution in [0.3, 0.4) is 0 Å². The Morgan fingerprint density at radius 2 is 2.00 bits per heavy atom. The van der Waals surface area contributed by atoms with E-state index in [4.69, 9.17) is 5.21 Å². The monoisotopic (exact) mass is 416 g/mol. The van der Waals surface area contributed by atoms with Gasteiger partial charge in [-0.15, -0.1) is 0 Å². The molecule has 1 saturated heterocycles. The fraction of sp³-hybridized carbons (Fsp3) is 0.364. The molecule has 0 saturated carbocycles. The Morgan fingerprint density at radius 1 is 1.20 bits per heavy atom. The van der Waals surface area contributed by atoms with Crippen LogP contribution in [-0.4, -0.2) is 35.1 Å². The molecule has 1 aliphatic heterocycles. The van der Waals surface area contributed by atoms with Crippen molar-refractivity contribution in [3.8, 4) is 5.75 Å². The summed E-state index contributed by atoms with van der Waals surface area (Å²) >= 11 is 0. The molecule has 1 heterocycles. The largest absolute Gasteiger partial charge is 0.434 e. The Kier molecular flexibility index (Phi) is 5.42. The van der Waals surface area contributed by atoms with Crippen LogP contribution in [0.4, 0.5) is 8.78 Å². The molecule has 30 heavy (non-hydrogen) atoms. The van der Waals surface area contributed by atoms with Gasteiger partial charge >= 0.3 is 6.61 Å². The fourth-order valence-electron chi connectivity index (χ4n) is 4.56. The zero-order valence-electron chi connectivity index (χ0n) is 16.2. The first kappa shape index (κ1) is 20.3. The number of hydrogen-bond acceptors (Lipinski definition) is 4. The van der Waals surface area contributed by atoms with Crippen LogP contribution in [0.25, 0.3) is 0 Å². The summed E-state index contributed by atoms with van der Waals surface area (Å²) in [6.07, 6.45) is 2.61. The highest BCUT2D eigenvalue weighted by atomic mass is 19.3. The summed E-state index contributed by atoms with van der Waals surface area (Å²) in [4.78, 5) is 26.8. The maximum atomic E-state index is 13.3. The number of hydrogen-bond donors (Lipinski definition) is 2. The minimum absolute atomic E-state index is 0.00277. The molecule has 6 nitrogen and oxygen atoms in total. The molecule has 0 radical (unpaired) electrons. The van der Waals surface area contributed by atoms with Crippen LogP contribution in [0.5, 0.6) is 5.75 Å². The lowest BCUT2D eigenvalue weighted by atomic mass is 9.70. The minimum Gasteiger partial charge on any atom is -0.434 e. The number of amides is 2. The number of hydroxylamine groups is 1. The van der Waals surface area contributed by atoms with Crippen molar-refractivity contribution in [2.45, 2.75) is 38.8 Å². The second-order valence-corrected chi connectivity index (χ2v) is 7.84. The van der Waals surface area contributed by atoms with Crippen molar-refractivity contribution in [3.05, 3.63) is 64.7 Å². The number of rotatable bonds is 5. The SMILES string of the molecule is O=C(NO)c1ccc2c(c1)C[C@]1(CC2)CCN(Cc2ccccc2OC(F)F)C1=O. The number of alkyl halides is 2. The number of benzene rings is 2. The Hall–Kier alpha value is -3.00. The van der Waals surface area contributed by atoms with Crippen LogP contribution in [-0.2, 0) is 24.2 Å². The molecule has 158 valence electrons. The van der Waals surface area contributed by atoms with Gasteiger partial charge in [0.25, 0.3) is 5.91 Å². The van der Waals surface area contributed by atoms with E-state index in [2.05, 4.69) is 4.74 Å². The van der Waals surface area contributed by atoms with Gasteiger partial charge in [-0.05, 0) is 55.0 Å². The van der Waals surface area contributed by atoms with Crippen molar-refractivity contribution in [2.75, 3.05) is 6.54 Å². The van der Waals surface area contributed by atoms with Gasteiger partial charge in [-0.25, -0.2) is 5.48 Å². The van der Waals surface area contributed by atoms with Crippen molar-refractivity contribution in [1.29, 1.82) is 0 Å². The Morgan fingerprint density at radius 3 is 2.77 bits per heavy atom. The third-order valence-electron chi connectivity index (χ3n) is 6.12. The van der Waals surface area contributed by atoms with Crippen LogP contribution in [0, 0.1) is 5.41 Å². The van der Waals surface area contributed by atoms with E-state index in [1.165, 1.54) is 6.07 Å². The summed E-state index contributed by atoms with van der Waals surface area (Å²) in [6, 6.07) is 11.8. The first-order valence-corrected chi connectivity index (χ1v) is 9.80. The first-order valence-electron chi connectivity index (χ1n) is 9.80. The normalized spacial score (nSPS) is 20.5. The number of carbonyl (C=O) groups excluding carboxylic acids is 2. The minimum atomic E-state index is -2.92. The molecule has 8 heteroatoms. The molecule has 2 aromatic rings. The molecular formula is C22H22F2N2O4. The highest BCUT2D eigenvalue weighted by Crippen LogP contribution is 2.44. The van der Waals surface area contributed by atoms with E-state index in [1.807, 2.05) is 6.07 Å². The molecule has 1 atom stereocenters. The van der Waals surface area contributed by atoms with Gasteiger partial charge in [0, 0.05) is 24.2 Å². The number of likely N-dealkylation sites (tertiary alicyclic amines) is 1. The molecule has 1 fully saturated rings. The predicted octanol–water partition coefficient (Wildman–Crippen LogP) is 3.31. The molecule has 0 unspecified atom stereocenters. The number of nitrogens with one attached hydrogen (secondary N) is 1. The third-order valence-corrected chi connectivity index (χ3v) is 6.12. The molecule has 0 bridgehead atoms. The summed E-state index contributed by atoms with van der Waals surface area (Å²) in [5.41, 5.74) is 3.98. The Bertz CT molecular complexity index is 981. The van der Waals surface area contributed by atoms with E-state index >= 15 is 0 Å². The number of para-hydroxylation sites is 1. The van der Waals surface area contributed by atoms with Crippen molar-refractivity contribution >= 4 is 11.8 Å². The number of ether oxygens (including phenoxy) is 1. The number of aryl methyl sites for hydroxylation is 1. The Labute approximate surface area is 172 Å². The van der Waals surface area contributed by atoms with E-state index < -0.39 is 17.9 Å². The quantitative estimate of drug-likeness (QED) is 0.579. The number of carbonyl (C=O) groups is 2. The van der Waals surface area contributed by atoms with Crippen molar-refractivity contribution in [1.82, 2.24) is 10.4 Å². The van der Waals surface area contributed by atoms with Gasteiger partial charge in [0.05, 0.1) is 5.41 Å². The lowest BCUT2D eigenvalue weighted by molar-refractivity contribution is -0.137. The van der Waals surface area contributed by atoms with Gasteiger partial charge < -0.3 is 9.64 Å². The predicted molar refractivity (Wildman–Crippen MR) is 103 cm³/mol. The zero-order chi connectivity index (χ0) is 21.3. The smallest absolute Gasteiger partial charge is 0.387 e. The number of fused-ring (bicyclic) bond motifs is 1. The average Bonchev–Trinajstić information content (AvgIpc) is 3.03. The molecule has 2 amide bonds. The lowest BCUT2D eigenvalue weighted by Crippen LogP contribution is -2.38. The Balaban J connectivity index is 1.53. The van der Waals surface area contributed by atoms with E-state index in [-0.39, 0.29) is 18.2 Å². The summed E-state index contributed by atoms with van der Waals surface area (Å²) < 4.78 is 30.0. The fourth-order valence-corrected chi connectivity index (χ4v) is 4.56. The lowest BCUT2D eigenvalue weighted by Gasteiger charge is -2.33. The van der Waals surface area contributed by atoms with Crippen molar-refractivity contribution in [3.63, 3.8) is 0 Å². The molecule has 2 aliphatic rings. The van der Waals surface area contributed by atoms with Crippen LogP contribution < -0.4 is 10.2 Å². The number of halogens is 2. The van der Waals surface area contributed by atoms with E-state index in [0.717, 1.165) is 17.5 Å². The van der Waals surface area contributed by atoms with Crippen LogP contribution in [0.1, 0.15) is 39.9 Å². The topological polar surface area (TPSA) is 78.9 Å².